The first-order valence-corrected chi connectivity index (χ1v) is 10.9. The van der Waals surface area contributed by atoms with E-state index < -0.39 is 17.6 Å². The Kier molecular flexibility index (Phi) is 6.65. The SMILES string of the molecule is Cc1c(Cc2ccc(F)c(C(=O)N3CCN(Cc4ccc(F)cc4)CC3=O)c2)n[nH]c(=O)c1C. The lowest BCUT2D eigenvalue weighted by molar-refractivity contribution is -0.133. The number of halogens is 2. The summed E-state index contributed by atoms with van der Waals surface area (Å²) >= 11 is 0. The van der Waals surface area contributed by atoms with E-state index in [0.717, 1.165) is 16.0 Å². The summed E-state index contributed by atoms with van der Waals surface area (Å²) < 4.78 is 27.7. The highest BCUT2D eigenvalue weighted by Gasteiger charge is 2.31. The molecule has 7 nitrogen and oxygen atoms in total. The van der Waals surface area contributed by atoms with Crippen LogP contribution in [-0.2, 0) is 17.8 Å². The van der Waals surface area contributed by atoms with Crippen molar-refractivity contribution in [3.05, 3.63) is 98.0 Å². The number of hydrogen-bond acceptors (Lipinski definition) is 5. The van der Waals surface area contributed by atoms with Crippen molar-refractivity contribution in [1.29, 1.82) is 0 Å². The summed E-state index contributed by atoms with van der Waals surface area (Å²) in [5.74, 6) is -2.15. The predicted molar refractivity (Wildman–Crippen MR) is 121 cm³/mol. The first-order chi connectivity index (χ1) is 16.2. The van der Waals surface area contributed by atoms with Crippen LogP contribution in [0.1, 0.15) is 38.3 Å². The van der Waals surface area contributed by atoms with Gasteiger partial charge < -0.3 is 0 Å². The number of carbonyl (C=O) groups excluding carboxylic acids is 2. The molecule has 34 heavy (non-hydrogen) atoms. The Morgan fingerprint density at radius 2 is 1.71 bits per heavy atom. The van der Waals surface area contributed by atoms with Gasteiger partial charge in [0.1, 0.15) is 11.6 Å². The summed E-state index contributed by atoms with van der Waals surface area (Å²) in [6.45, 7) is 4.48. The normalized spacial score (nSPS) is 14.5. The lowest BCUT2D eigenvalue weighted by atomic mass is 10.0. The van der Waals surface area contributed by atoms with E-state index in [1.54, 1.807) is 32.0 Å². The Hall–Kier alpha value is -3.72. The van der Waals surface area contributed by atoms with E-state index in [-0.39, 0.29) is 30.0 Å². The van der Waals surface area contributed by atoms with Crippen molar-refractivity contribution in [1.82, 2.24) is 20.0 Å². The average Bonchev–Trinajstić information content (AvgIpc) is 2.82. The Bertz CT molecular complexity index is 1300. The number of nitrogens with one attached hydrogen (secondary N) is 1. The second kappa shape index (κ2) is 9.64. The quantitative estimate of drug-likeness (QED) is 0.585. The minimum atomic E-state index is -0.711. The largest absolute Gasteiger partial charge is 0.288 e. The number of hydrogen-bond donors (Lipinski definition) is 1. The molecule has 2 amide bonds. The van der Waals surface area contributed by atoms with Gasteiger partial charge in [0.25, 0.3) is 11.5 Å². The number of aromatic amines is 1. The van der Waals surface area contributed by atoms with Crippen molar-refractivity contribution in [3.8, 4) is 0 Å². The molecule has 176 valence electrons. The molecule has 0 bridgehead atoms. The van der Waals surface area contributed by atoms with Gasteiger partial charge in [-0.25, -0.2) is 13.9 Å². The van der Waals surface area contributed by atoms with Crippen molar-refractivity contribution in [2.24, 2.45) is 0 Å². The monoisotopic (exact) mass is 466 g/mol. The summed E-state index contributed by atoms with van der Waals surface area (Å²) in [6, 6.07) is 10.2. The second-order valence-electron chi connectivity index (χ2n) is 8.43. The number of amides is 2. The summed E-state index contributed by atoms with van der Waals surface area (Å²) in [6.07, 6.45) is 0.295. The van der Waals surface area contributed by atoms with Gasteiger partial charge in [0.2, 0.25) is 5.91 Å². The molecule has 1 saturated heterocycles. The number of benzene rings is 2. The molecule has 3 aromatic rings. The zero-order valence-electron chi connectivity index (χ0n) is 18.9. The van der Waals surface area contributed by atoms with Crippen molar-refractivity contribution in [2.45, 2.75) is 26.8 Å². The van der Waals surface area contributed by atoms with Crippen LogP contribution >= 0.6 is 0 Å². The van der Waals surface area contributed by atoms with E-state index in [0.29, 0.717) is 36.3 Å². The number of H-pyrrole nitrogens is 1. The van der Waals surface area contributed by atoms with Crippen molar-refractivity contribution >= 4 is 11.8 Å². The van der Waals surface area contributed by atoms with Crippen LogP contribution in [0.4, 0.5) is 8.78 Å². The molecule has 1 fully saturated rings. The molecule has 0 radical (unpaired) electrons. The molecule has 2 aromatic carbocycles. The van der Waals surface area contributed by atoms with Crippen LogP contribution in [0.3, 0.4) is 0 Å². The Balaban J connectivity index is 1.47. The Morgan fingerprint density at radius 3 is 2.41 bits per heavy atom. The zero-order chi connectivity index (χ0) is 24.4. The molecule has 1 aliphatic heterocycles. The molecule has 2 heterocycles. The minimum Gasteiger partial charge on any atom is -0.288 e. The fourth-order valence-corrected chi connectivity index (χ4v) is 3.95. The molecular weight excluding hydrogens is 442 g/mol. The highest BCUT2D eigenvalue weighted by Crippen LogP contribution is 2.19. The molecular formula is C25H24F2N4O3. The molecule has 0 aliphatic carbocycles. The molecule has 4 rings (SSSR count). The maximum absolute atomic E-state index is 14.6. The van der Waals surface area contributed by atoms with E-state index in [2.05, 4.69) is 10.2 Å². The molecule has 1 aliphatic rings. The van der Waals surface area contributed by atoms with Gasteiger partial charge in [-0.3, -0.25) is 24.2 Å². The highest BCUT2D eigenvalue weighted by molar-refractivity contribution is 6.05. The third-order valence-electron chi connectivity index (χ3n) is 6.13. The lowest BCUT2D eigenvalue weighted by Crippen LogP contribution is -2.52. The zero-order valence-corrected chi connectivity index (χ0v) is 18.9. The van der Waals surface area contributed by atoms with E-state index in [1.807, 2.05) is 4.90 Å². The van der Waals surface area contributed by atoms with Crippen LogP contribution in [-0.4, -0.2) is 51.4 Å². The lowest BCUT2D eigenvalue weighted by Gasteiger charge is -2.33. The summed E-state index contributed by atoms with van der Waals surface area (Å²) in [4.78, 5) is 40.4. The number of imide groups is 1. The fourth-order valence-electron chi connectivity index (χ4n) is 3.95. The van der Waals surface area contributed by atoms with Gasteiger partial charge >= 0.3 is 0 Å². The van der Waals surface area contributed by atoms with Gasteiger partial charge in [-0.2, -0.15) is 5.10 Å². The first kappa shape index (κ1) is 23.4. The fraction of sp³-hybridized carbons (Fsp3) is 0.280. The number of rotatable bonds is 5. The summed E-state index contributed by atoms with van der Waals surface area (Å²) in [5, 5.41) is 6.51. The maximum atomic E-state index is 14.6. The Labute approximate surface area is 195 Å². The number of nitrogens with zero attached hydrogens (tertiary/aromatic N) is 3. The molecule has 1 aromatic heterocycles. The van der Waals surface area contributed by atoms with E-state index in [1.165, 1.54) is 24.3 Å². The first-order valence-electron chi connectivity index (χ1n) is 10.9. The standard InChI is InChI=1S/C25H24F2N4O3/c1-15-16(2)24(33)29-28-22(15)12-18-5-8-21(27)20(11-18)25(34)31-10-9-30(14-23(31)32)13-17-3-6-19(26)7-4-17/h3-8,11H,9-10,12-14H2,1-2H3,(H,29,33). The van der Waals surface area contributed by atoms with E-state index >= 15 is 0 Å². The van der Waals surface area contributed by atoms with Crippen molar-refractivity contribution < 1.29 is 18.4 Å². The van der Waals surface area contributed by atoms with Crippen LogP contribution in [0.15, 0.2) is 47.3 Å². The van der Waals surface area contributed by atoms with E-state index in [9.17, 15) is 23.2 Å². The van der Waals surface area contributed by atoms with Gasteiger partial charge in [-0.05, 0) is 54.8 Å². The molecule has 0 unspecified atom stereocenters. The van der Waals surface area contributed by atoms with Crippen LogP contribution in [0.25, 0.3) is 0 Å². The molecule has 0 spiro atoms. The van der Waals surface area contributed by atoms with Crippen LogP contribution in [0, 0.1) is 25.5 Å². The van der Waals surface area contributed by atoms with Gasteiger partial charge in [0.15, 0.2) is 0 Å². The van der Waals surface area contributed by atoms with Gasteiger partial charge in [-0.15, -0.1) is 0 Å². The topological polar surface area (TPSA) is 86.4 Å². The molecule has 1 N–H and O–H groups in total. The van der Waals surface area contributed by atoms with Crippen molar-refractivity contribution in [3.63, 3.8) is 0 Å². The summed E-state index contributed by atoms with van der Waals surface area (Å²) in [5.41, 5.74) is 2.93. The molecule has 0 atom stereocenters. The Morgan fingerprint density at radius 1 is 1.00 bits per heavy atom. The minimum absolute atomic E-state index is 0.00416. The third-order valence-corrected chi connectivity index (χ3v) is 6.13. The predicted octanol–water partition coefficient (Wildman–Crippen LogP) is 2.74. The maximum Gasteiger partial charge on any atom is 0.267 e. The number of aromatic nitrogens is 2. The van der Waals surface area contributed by atoms with Crippen LogP contribution in [0.2, 0.25) is 0 Å². The number of piperazine rings is 1. The molecule has 0 saturated carbocycles. The van der Waals surface area contributed by atoms with Gasteiger partial charge in [0, 0.05) is 31.6 Å². The third kappa shape index (κ3) is 4.94. The molecule has 9 heteroatoms. The number of carbonyl (C=O) groups is 2. The van der Waals surface area contributed by atoms with Gasteiger partial charge in [-0.1, -0.05) is 18.2 Å². The highest BCUT2D eigenvalue weighted by atomic mass is 19.1. The van der Waals surface area contributed by atoms with Crippen LogP contribution in [0.5, 0.6) is 0 Å². The average molecular weight is 466 g/mol. The van der Waals surface area contributed by atoms with Crippen molar-refractivity contribution in [2.75, 3.05) is 19.6 Å². The smallest absolute Gasteiger partial charge is 0.267 e. The summed E-state index contributed by atoms with van der Waals surface area (Å²) in [7, 11) is 0. The second-order valence-corrected chi connectivity index (χ2v) is 8.43. The van der Waals surface area contributed by atoms with Crippen LogP contribution < -0.4 is 5.56 Å². The van der Waals surface area contributed by atoms with Gasteiger partial charge in [0.05, 0.1) is 17.8 Å². The van der Waals surface area contributed by atoms with E-state index in [4.69, 9.17) is 0 Å².